The predicted molar refractivity (Wildman–Crippen MR) is 145 cm³/mol. The summed E-state index contributed by atoms with van der Waals surface area (Å²) in [6.45, 7) is 11.6. The Bertz CT molecular complexity index is 704. The zero-order valence-corrected chi connectivity index (χ0v) is 22.8. The van der Waals surface area contributed by atoms with Gasteiger partial charge in [-0.25, -0.2) is 9.97 Å². The summed E-state index contributed by atoms with van der Waals surface area (Å²) in [7, 11) is 1.80. The predicted octanol–water partition coefficient (Wildman–Crippen LogP) is 5.48. The number of unbranched alkanes of at least 4 members (excludes halogenated alkanes) is 7. The molecule has 0 aromatic carbocycles. The van der Waals surface area contributed by atoms with Crippen molar-refractivity contribution in [1.82, 2.24) is 19.8 Å². The summed E-state index contributed by atoms with van der Waals surface area (Å²) in [6, 6.07) is 1.81. The Hall–Kier alpha value is -1.24. The molecule has 0 amide bonds. The largest absolute Gasteiger partial charge is 0.385 e. The van der Waals surface area contributed by atoms with E-state index < -0.39 is 0 Å². The zero-order valence-electron chi connectivity index (χ0n) is 22.8. The fourth-order valence-electron chi connectivity index (χ4n) is 6.49. The van der Waals surface area contributed by atoms with Crippen LogP contribution >= 0.6 is 0 Å². The minimum atomic E-state index is 0.589. The van der Waals surface area contributed by atoms with Gasteiger partial charge in [0.15, 0.2) is 0 Å². The molecule has 0 spiro atoms. The Kier molecular flexibility index (Phi) is 10.6. The average molecular weight is 486 g/mol. The maximum Gasteiger partial charge on any atom is 0.225 e. The standard InChI is InChI=1S/C29H51N5O/c1-24(2)33-22-27-12-13-28(23-33)34(27)29-30-20-26(21-31-29)25-14-17-32(18-15-25)16-10-8-6-4-5-7-9-11-19-35-3/h20-21,24-25,27-28H,4-19,22-23H2,1-3H3. The fourth-order valence-corrected chi connectivity index (χ4v) is 6.49. The van der Waals surface area contributed by atoms with Gasteiger partial charge in [0, 0.05) is 57.3 Å². The number of aromatic nitrogens is 2. The van der Waals surface area contributed by atoms with Crippen LogP contribution < -0.4 is 4.90 Å². The Morgan fingerprint density at radius 2 is 1.40 bits per heavy atom. The van der Waals surface area contributed by atoms with Crippen molar-refractivity contribution in [2.45, 2.75) is 115 Å². The summed E-state index contributed by atoms with van der Waals surface area (Å²) in [5, 5.41) is 0. The van der Waals surface area contributed by atoms with Crippen LogP contribution in [0.15, 0.2) is 12.4 Å². The molecule has 3 fully saturated rings. The number of methoxy groups -OCH3 is 1. The van der Waals surface area contributed by atoms with E-state index >= 15 is 0 Å². The van der Waals surface area contributed by atoms with Crippen LogP contribution in [0.25, 0.3) is 0 Å². The number of hydrogen-bond acceptors (Lipinski definition) is 6. The average Bonchev–Trinajstić information content (AvgIpc) is 3.14. The van der Waals surface area contributed by atoms with E-state index in [1.807, 2.05) is 0 Å². The summed E-state index contributed by atoms with van der Waals surface area (Å²) >= 11 is 0. The van der Waals surface area contributed by atoms with E-state index in [9.17, 15) is 0 Å². The minimum Gasteiger partial charge on any atom is -0.385 e. The molecule has 4 rings (SSSR count). The van der Waals surface area contributed by atoms with Gasteiger partial charge in [0.25, 0.3) is 0 Å². The second-order valence-corrected chi connectivity index (χ2v) is 11.6. The second-order valence-electron chi connectivity index (χ2n) is 11.6. The van der Waals surface area contributed by atoms with E-state index in [0.29, 0.717) is 24.0 Å². The lowest BCUT2D eigenvalue weighted by Gasteiger charge is -2.42. The number of piperidine rings is 1. The molecule has 0 saturated carbocycles. The van der Waals surface area contributed by atoms with Gasteiger partial charge in [-0.1, -0.05) is 38.5 Å². The van der Waals surface area contributed by atoms with Gasteiger partial charge in [0.05, 0.1) is 0 Å². The highest BCUT2D eigenvalue weighted by Crippen LogP contribution is 2.34. The molecule has 2 bridgehead atoms. The highest BCUT2D eigenvalue weighted by atomic mass is 16.5. The Labute approximate surface area is 214 Å². The zero-order chi connectivity index (χ0) is 24.5. The van der Waals surface area contributed by atoms with Gasteiger partial charge in [-0.05, 0) is 83.5 Å². The molecule has 0 N–H and O–H groups in total. The Morgan fingerprint density at radius 3 is 1.97 bits per heavy atom. The first kappa shape index (κ1) is 26.8. The molecule has 6 heteroatoms. The second kappa shape index (κ2) is 13.9. The molecule has 3 aliphatic rings. The SMILES string of the molecule is COCCCCCCCCCCN1CCC(c2cnc(N3C4CCC3CN(C(C)C)C4)nc2)CC1. The number of likely N-dealkylation sites (tertiary alicyclic amines) is 2. The van der Waals surface area contributed by atoms with E-state index in [1.165, 1.54) is 102 Å². The van der Waals surface area contributed by atoms with E-state index in [2.05, 4.69) is 40.9 Å². The molecule has 0 radical (unpaired) electrons. The van der Waals surface area contributed by atoms with Crippen molar-refractivity contribution < 1.29 is 4.74 Å². The number of hydrogen-bond donors (Lipinski definition) is 0. The molecule has 3 aliphatic heterocycles. The van der Waals surface area contributed by atoms with Crippen LogP contribution in [0.3, 0.4) is 0 Å². The van der Waals surface area contributed by atoms with Crippen molar-refractivity contribution in [1.29, 1.82) is 0 Å². The first-order chi connectivity index (χ1) is 17.2. The first-order valence-corrected chi connectivity index (χ1v) is 14.7. The van der Waals surface area contributed by atoms with Gasteiger partial charge in [-0.3, -0.25) is 4.90 Å². The normalized spacial score (nSPS) is 24.1. The van der Waals surface area contributed by atoms with Crippen molar-refractivity contribution in [3.05, 3.63) is 18.0 Å². The third-order valence-corrected chi connectivity index (χ3v) is 8.76. The van der Waals surface area contributed by atoms with Crippen LogP contribution in [0.2, 0.25) is 0 Å². The lowest BCUT2D eigenvalue weighted by atomic mass is 9.91. The van der Waals surface area contributed by atoms with Gasteiger partial charge in [0.2, 0.25) is 5.95 Å². The highest BCUT2D eigenvalue weighted by Gasteiger charge is 2.41. The van der Waals surface area contributed by atoms with Crippen LogP contribution in [0.1, 0.15) is 102 Å². The summed E-state index contributed by atoms with van der Waals surface area (Å²) in [4.78, 5) is 17.6. The molecule has 6 nitrogen and oxygen atoms in total. The molecule has 1 aromatic rings. The number of ether oxygens (including phenoxy) is 1. The number of piperazine rings is 1. The van der Waals surface area contributed by atoms with E-state index in [4.69, 9.17) is 14.7 Å². The molecule has 3 saturated heterocycles. The molecule has 35 heavy (non-hydrogen) atoms. The molecule has 2 unspecified atom stereocenters. The molecule has 0 aliphatic carbocycles. The summed E-state index contributed by atoms with van der Waals surface area (Å²) in [5.41, 5.74) is 1.35. The number of rotatable bonds is 14. The van der Waals surface area contributed by atoms with Crippen molar-refractivity contribution in [3.8, 4) is 0 Å². The van der Waals surface area contributed by atoms with Crippen LogP contribution in [0, 0.1) is 0 Å². The Morgan fingerprint density at radius 1 is 0.829 bits per heavy atom. The Balaban J connectivity index is 1.11. The van der Waals surface area contributed by atoms with E-state index in [1.54, 1.807) is 7.11 Å². The van der Waals surface area contributed by atoms with Gasteiger partial charge < -0.3 is 14.5 Å². The van der Waals surface area contributed by atoms with Crippen LogP contribution in [0.4, 0.5) is 5.95 Å². The van der Waals surface area contributed by atoms with E-state index in [0.717, 1.165) is 25.6 Å². The van der Waals surface area contributed by atoms with Crippen LogP contribution in [0.5, 0.6) is 0 Å². The summed E-state index contributed by atoms with van der Waals surface area (Å²) < 4.78 is 5.12. The monoisotopic (exact) mass is 485 g/mol. The molecular weight excluding hydrogens is 434 g/mol. The lowest BCUT2D eigenvalue weighted by Crippen LogP contribution is -2.56. The van der Waals surface area contributed by atoms with Crippen molar-refractivity contribution in [2.75, 3.05) is 51.3 Å². The topological polar surface area (TPSA) is 44.7 Å². The molecular formula is C29H51N5O. The fraction of sp³-hybridized carbons (Fsp3) is 0.862. The van der Waals surface area contributed by atoms with Crippen molar-refractivity contribution in [3.63, 3.8) is 0 Å². The first-order valence-electron chi connectivity index (χ1n) is 14.7. The maximum absolute atomic E-state index is 5.12. The maximum atomic E-state index is 5.12. The molecule has 2 atom stereocenters. The molecule has 1 aromatic heterocycles. The molecule has 4 heterocycles. The van der Waals surface area contributed by atoms with Crippen LogP contribution in [-0.4, -0.2) is 84.3 Å². The number of nitrogens with zero attached hydrogens (tertiary/aromatic N) is 5. The molecule has 198 valence electrons. The smallest absolute Gasteiger partial charge is 0.225 e. The van der Waals surface area contributed by atoms with Gasteiger partial charge in [0.1, 0.15) is 0 Å². The van der Waals surface area contributed by atoms with Gasteiger partial charge >= 0.3 is 0 Å². The van der Waals surface area contributed by atoms with Crippen molar-refractivity contribution in [2.24, 2.45) is 0 Å². The quantitative estimate of drug-likeness (QED) is 0.325. The van der Waals surface area contributed by atoms with Gasteiger partial charge in [-0.15, -0.1) is 0 Å². The van der Waals surface area contributed by atoms with E-state index in [-0.39, 0.29) is 0 Å². The summed E-state index contributed by atoms with van der Waals surface area (Å²) in [5.74, 6) is 1.60. The highest BCUT2D eigenvalue weighted by molar-refractivity contribution is 5.38. The third kappa shape index (κ3) is 7.62. The minimum absolute atomic E-state index is 0.589. The van der Waals surface area contributed by atoms with Crippen molar-refractivity contribution >= 4 is 5.95 Å². The lowest BCUT2D eigenvalue weighted by molar-refractivity contribution is 0.176. The summed E-state index contributed by atoms with van der Waals surface area (Å²) in [6.07, 6.45) is 20.2. The van der Waals surface area contributed by atoms with Crippen LogP contribution in [-0.2, 0) is 4.74 Å². The van der Waals surface area contributed by atoms with Gasteiger partial charge in [-0.2, -0.15) is 0 Å². The number of fused-ring (bicyclic) bond motifs is 2. The third-order valence-electron chi connectivity index (χ3n) is 8.76. The number of anilines is 1.